The number of ether oxygens (including phenoxy) is 1. The standard InChI is InChI=1S/C21H23FN4O/c1-27-21-9-8-17(15-23-21)26-10-4-5-18(26)16-24-11-13-25(14-12-24)20-7-3-2-6-19(20)22/h2-10,15H,11-14,16H2,1H3. The highest BCUT2D eigenvalue weighted by Crippen LogP contribution is 2.21. The Hall–Kier alpha value is -2.86. The van der Waals surface area contributed by atoms with Crippen molar-refractivity contribution in [3.63, 3.8) is 0 Å². The number of pyridine rings is 1. The van der Waals surface area contributed by atoms with Gasteiger partial charge in [0.15, 0.2) is 0 Å². The van der Waals surface area contributed by atoms with Gasteiger partial charge in [0.1, 0.15) is 5.82 Å². The first kappa shape index (κ1) is 17.5. The van der Waals surface area contributed by atoms with E-state index >= 15 is 0 Å². The van der Waals surface area contributed by atoms with Crippen molar-refractivity contribution in [1.82, 2.24) is 14.5 Å². The Labute approximate surface area is 158 Å². The Morgan fingerprint density at radius 1 is 1.00 bits per heavy atom. The molecule has 1 aliphatic heterocycles. The van der Waals surface area contributed by atoms with Crippen LogP contribution >= 0.6 is 0 Å². The van der Waals surface area contributed by atoms with Crippen LogP contribution < -0.4 is 9.64 Å². The Bertz CT molecular complexity index is 885. The lowest BCUT2D eigenvalue weighted by Crippen LogP contribution is -2.46. The molecule has 0 amide bonds. The predicted octanol–water partition coefficient (Wildman–Crippen LogP) is 3.34. The first-order chi connectivity index (χ1) is 13.2. The van der Waals surface area contributed by atoms with Crippen LogP contribution in [0.3, 0.4) is 0 Å². The molecule has 0 radical (unpaired) electrons. The van der Waals surface area contributed by atoms with Crippen molar-refractivity contribution in [3.05, 3.63) is 72.4 Å². The molecule has 0 aliphatic carbocycles. The molecular formula is C21H23FN4O. The molecule has 0 atom stereocenters. The van der Waals surface area contributed by atoms with E-state index in [0.717, 1.165) is 38.4 Å². The summed E-state index contributed by atoms with van der Waals surface area (Å²) >= 11 is 0. The summed E-state index contributed by atoms with van der Waals surface area (Å²) < 4.78 is 21.3. The number of piperazine rings is 1. The molecule has 0 bridgehead atoms. The average molecular weight is 366 g/mol. The molecule has 1 fully saturated rings. The largest absolute Gasteiger partial charge is 0.481 e. The predicted molar refractivity (Wildman–Crippen MR) is 104 cm³/mol. The smallest absolute Gasteiger partial charge is 0.213 e. The van der Waals surface area contributed by atoms with E-state index in [2.05, 4.69) is 37.7 Å². The monoisotopic (exact) mass is 366 g/mol. The summed E-state index contributed by atoms with van der Waals surface area (Å²) in [5, 5.41) is 0. The summed E-state index contributed by atoms with van der Waals surface area (Å²) in [5.74, 6) is 0.462. The number of benzene rings is 1. The second-order valence-corrected chi connectivity index (χ2v) is 6.64. The number of anilines is 1. The molecule has 4 rings (SSSR count). The maximum absolute atomic E-state index is 14.0. The van der Waals surface area contributed by atoms with Crippen LogP contribution in [-0.2, 0) is 6.54 Å². The van der Waals surface area contributed by atoms with E-state index in [1.807, 2.05) is 30.5 Å². The van der Waals surface area contributed by atoms with E-state index in [4.69, 9.17) is 4.74 Å². The van der Waals surface area contributed by atoms with Crippen molar-refractivity contribution in [2.45, 2.75) is 6.54 Å². The summed E-state index contributed by atoms with van der Waals surface area (Å²) in [4.78, 5) is 8.82. The highest BCUT2D eigenvalue weighted by molar-refractivity contribution is 5.48. The van der Waals surface area contributed by atoms with Crippen LogP contribution in [-0.4, -0.2) is 47.7 Å². The van der Waals surface area contributed by atoms with Crippen LogP contribution in [0.15, 0.2) is 60.9 Å². The van der Waals surface area contributed by atoms with Gasteiger partial charge in [-0.15, -0.1) is 0 Å². The fourth-order valence-corrected chi connectivity index (χ4v) is 3.52. The van der Waals surface area contributed by atoms with Gasteiger partial charge >= 0.3 is 0 Å². The van der Waals surface area contributed by atoms with E-state index in [1.165, 1.54) is 11.8 Å². The number of aromatic nitrogens is 2. The molecule has 1 saturated heterocycles. The zero-order chi connectivity index (χ0) is 18.6. The Kier molecular flexibility index (Phi) is 5.07. The third-order valence-electron chi connectivity index (χ3n) is 4.99. The molecule has 0 saturated carbocycles. The first-order valence-electron chi connectivity index (χ1n) is 9.13. The number of para-hydroxylation sites is 1. The van der Waals surface area contributed by atoms with E-state index in [1.54, 1.807) is 13.2 Å². The lowest BCUT2D eigenvalue weighted by Gasteiger charge is -2.36. The highest BCUT2D eigenvalue weighted by Gasteiger charge is 2.20. The maximum atomic E-state index is 14.0. The van der Waals surface area contributed by atoms with Crippen molar-refractivity contribution < 1.29 is 9.13 Å². The normalized spacial score (nSPS) is 15.1. The zero-order valence-corrected chi connectivity index (χ0v) is 15.4. The molecule has 27 heavy (non-hydrogen) atoms. The molecule has 0 unspecified atom stereocenters. The molecule has 140 valence electrons. The van der Waals surface area contributed by atoms with Gasteiger partial charge in [-0.05, 0) is 30.3 Å². The van der Waals surface area contributed by atoms with Gasteiger partial charge in [-0.1, -0.05) is 12.1 Å². The van der Waals surface area contributed by atoms with Crippen LogP contribution in [0, 0.1) is 5.82 Å². The van der Waals surface area contributed by atoms with Gasteiger partial charge in [0.2, 0.25) is 5.88 Å². The molecule has 2 aromatic heterocycles. The van der Waals surface area contributed by atoms with Crippen LogP contribution in [0.4, 0.5) is 10.1 Å². The molecule has 5 nitrogen and oxygen atoms in total. The third kappa shape index (κ3) is 3.80. The second kappa shape index (κ2) is 7.80. The summed E-state index contributed by atoms with van der Waals surface area (Å²) in [6.45, 7) is 4.31. The molecule has 6 heteroatoms. The van der Waals surface area contributed by atoms with Crippen LogP contribution in [0.2, 0.25) is 0 Å². The summed E-state index contributed by atoms with van der Waals surface area (Å²) in [6, 6.07) is 15.1. The zero-order valence-electron chi connectivity index (χ0n) is 15.4. The molecule has 0 spiro atoms. The van der Waals surface area contributed by atoms with Crippen molar-refractivity contribution in [2.24, 2.45) is 0 Å². The van der Waals surface area contributed by atoms with Crippen LogP contribution in [0.25, 0.3) is 5.69 Å². The number of halogens is 1. The van der Waals surface area contributed by atoms with E-state index < -0.39 is 0 Å². The quantitative estimate of drug-likeness (QED) is 0.694. The minimum atomic E-state index is -0.146. The van der Waals surface area contributed by atoms with Gasteiger partial charge in [0.25, 0.3) is 0 Å². The molecular weight excluding hydrogens is 343 g/mol. The van der Waals surface area contributed by atoms with E-state index in [9.17, 15) is 4.39 Å². The van der Waals surface area contributed by atoms with E-state index in [0.29, 0.717) is 11.6 Å². The van der Waals surface area contributed by atoms with Crippen molar-refractivity contribution in [1.29, 1.82) is 0 Å². The Balaban J connectivity index is 1.41. The van der Waals surface area contributed by atoms with Crippen LogP contribution in [0.1, 0.15) is 5.69 Å². The number of rotatable bonds is 5. The third-order valence-corrected chi connectivity index (χ3v) is 4.99. The summed E-state index contributed by atoms with van der Waals surface area (Å²) in [6.07, 6.45) is 3.87. The van der Waals surface area contributed by atoms with Gasteiger partial charge in [0, 0.05) is 50.7 Å². The number of hydrogen-bond donors (Lipinski definition) is 0. The maximum Gasteiger partial charge on any atom is 0.213 e. The van der Waals surface area contributed by atoms with E-state index in [-0.39, 0.29) is 5.82 Å². The molecule has 3 aromatic rings. The Morgan fingerprint density at radius 2 is 1.81 bits per heavy atom. The first-order valence-corrected chi connectivity index (χ1v) is 9.13. The minimum Gasteiger partial charge on any atom is -0.481 e. The molecule has 1 aromatic carbocycles. The fraction of sp³-hybridized carbons (Fsp3) is 0.286. The van der Waals surface area contributed by atoms with Gasteiger partial charge in [-0.25, -0.2) is 9.37 Å². The number of nitrogens with zero attached hydrogens (tertiary/aromatic N) is 4. The lowest BCUT2D eigenvalue weighted by atomic mass is 10.2. The Morgan fingerprint density at radius 3 is 2.52 bits per heavy atom. The minimum absolute atomic E-state index is 0.146. The van der Waals surface area contributed by atoms with Gasteiger partial charge in [0.05, 0.1) is 24.7 Å². The lowest BCUT2D eigenvalue weighted by molar-refractivity contribution is 0.245. The highest BCUT2D eigenvalue weighted by atomic mass is 19.1. The number of methoxy groups -OCH3 is 1. The summed E-state index contributed by atoms with van der Waals surface area (Å²) in [7, 11) is 1.62. The molecule has 0 N–H and O–H groups in total. The van der Waals surface area contributed by atoms with Gasteiger partial charge < -0.3 is 14.2 Å². The van der Waals surface area contributed by atoms with Crippen molar-refractivity contribution >= 4 is 5.69 Å². The van der Waals surface area contributed by atoms with Gasteiger partial charge in [-0.3, -0.25) is 4.90 Å². The molecule has 3 heterocycles. The number of hydrogen-bond acceptors (Lipinski definition) is 4. The topological polar surface area (TPSA) is 33.5 Å². The van der Waals surface area contributed by atoms with Crippen molar-refractivity contribution in [3.8, 4) is 11.6 Å². The fourth-order valence-electron chi connectivity index (χ4n) is 3.52. The summed E-state index contributed by atoms with van der Waals surface area (Å²) in [5.41, 5.74) is 2.92. The second-order valence-electron chi connectivity index (χ2n) is 6.64. The molecule has 1 aliphatic rings. The average Bonchev–Trinajstić information content (AvgIpc) is 3.17. The SMILES string of the molecule is COc1ccc(-n2cccc2CN2CCN(c3ccccc3F)CC2)cn1. The van der Waals surface area contributed by atoms with Crippen molar-refractivity contribution in [2.75, 3.05) is 38.2 Å². The van der Waals surface area contributed by atoms with Gasteiger partial charge in [-0.2, -0.15) is 0 Å². The van der Waals surface area contributed by atoms with Crippen LogP contribution in [0.5, 0.6) is 5.88 Å².